The van der Waals surface area contributed by atoms with Crippen LogP contribution in [0.1, 0.15) is 46.3 Å². The maximum atomic E-state index is 11.7. The fourth-order valence-corrected chi connectivity index (χ4v) is 1.92. The van der Waals surface area contributed by atoms with E-state index in [1.807, 2.05) is 17.0 Å². The number of allylic oxidation sites excluding steroid dienone is 2. The third kappa shape index (κ3) is 4.78. The van der Waals surface area contributed by atoms with Gasteiger partial charge in [0.25, 0.3) is 0 Å². The molecule has 1 aromatic heterocycles. The highest BCUT2D eigenvalue weighted by Gasteiger charge is 2.17. The van der Waals surface area contributed by atoms with E-state index in [0.717, 1.165) is 18.6 Å². The monoisotopic (exact) mass is 249 g/mol. The van der Waals surface area contributed by atoms with Crippen molar-refractivity contribution in [1.29, 1.82) is 0 Å². The fraction of sp³-hybridized carbons (Fsp3) is 0.533. The zero-order chi connectivity index (χ0) is 13.5. The van der Waals surface area contributed by atoms with Crippen molar-refractivity contribution in [3.63, 3.8) is 0 Å². The van der Waals surface area contributed by atoms with Gasteiger partial charge in [-0.2, -0.15) is 0 Å². The van der Waals surface area contributed by atoms with E-state index in [1.54, 1.807) is 13.2 Å². The van der Waals surface area contributed by atoms with Gasteiger partial charge in [0.2, 0.25) is 5.91 Å². The van der Waals surface area contributed by atoms with E-state index in [0.29, 0.717) is 6.54 Å². The first-order valence-corrected chi connectivity index (χ1v) is 6.43. The summed E-state index contributed by atoms with van der Waals surface area (Å²) in [5, 5.41) is 0. The van der Waals surface area contributed by atoms with Crippen LogP contribution in [0.4, 0.5) is 0 Å². The minimum Gasteiger partial charge on any atom is -0.467 e. The van der Waals surface area contributed by atoms with E-state index >= 15 is 0 Å². The van der Waals surface area contributed by atoms with Gasteiger partial charge in [-0.1, -0.05) is 11.6 Å². The zero-order valence-corrected chi connectivity index (χ0v) is 11.8. The fourth-order valence-electron chi connectivity index (χ4n) is 1.92. The van der Waals surface area contributed by atoms with Crippen molar-refractivity contribution in [1.82, 2.24) is 4.90 Å². The van der Waals surface area contributed by atoms with Crippen molar-refractivity contribution in [3.8, 4) is 0 Å². The molecule has 1 aromatic rings. The molecule has 0 saturated heterocycles. The molecule has 1 rings (SSSR count). The average Bonchev–Trinajstić information content (AvgIpc) is 2.77. The normalized spacial score (nSPS) is 12.0. The van der Waals surface area contributed by atoms with Crippen LogP contribution in [0.3, 0.4) is 0 Å². The lowest BCUT2D eigenvalue weighted by Crippen LogP contribution is -2.36. The van der Waals surface area contributed by atoms with E-state index in [9.17, 15) is 4.79 Å². The van der Waals surface area contributed by atoms with Gasteiger partial charge in [0.1, 0.15) is 5.76 Å². The summed E-state index contributed by atoms with van der Waals surface area (Å²) in [6.45, 7) is 8.44. The number of nitrogens with zero attached hydrogens (tertiary/aromatic N) is 1. The first-order chi connectivity index (χ1) is 8.50. The van der Waals surface area contributed by atoms with Gasteiger partial charge < -0.3 is 9.32 Å². The smallest absolute Gasteiger partial charge is 0.220 e. The Balaban J connectivity index is 2.55. The number of amides is 1. The predicted molar refractivity (Wildman–Crippen MR) is 73.1 cm³/mol. The molecule has 0 fully saturated rings. The third-order valence-electron chi connectivity index (χ3n) is 2.98. The summed E-state index contributed by atoms with van der Waals surface area (Å²) in [4.78, 5) is 13.5. The van der Waals surface area contributed by atoms with E-state index in [2.05, 4.69) is 26.8 Å². The maximum Gasteiger partial charge on any atom is 0.220 e. The standard InChI is InChI=1S/C15H23NO2/c1-12(2)7-5-8-13(3)16(14(4)17)11-15-9-6-10-18-15/h6-7,9-10,13H,5,8,11H2,1-4H3/t13-/m1/s1. The van der Waals surface area contributed by atoms with Crippen LogP contribution < -0.4 is 0 Å². The molecule has 0 aliphatic rings. The van der Waals surface area contributed by atoms with Gasteiger partial charge in [-0.05, 0) is 45.7 Å². The van der Waals surface area contributed by atoms with Crippen LogP contribution in [0.25, 0.3) is 0 Å². The first-order valence-electron chi connectivity index (χ1n) is 6.43. The summed E-state index contributed by atoms with van der Waals surface area (Å²) < 4.78 is 5.30. The second-order valence-corrected chi connectivity index (χ2v) is 4.93. The Kier molecular flexibility index (Phi) is 5.69. The lowest BCUT2D eigenvalue weighted by molar-refractivity contribution is -0.131. The van der Waals surface area contributed by atoms with Gasteiger partial charge >= 0.3 is 0 Å². The Labute approximate surface area is 109 Å². The summed E-state index contributed by atoms with van der Waals surface area (Å²) in [7, 11) is 0. The molecule has 0 spiro atoms. The molecule has 0 unspecified atom stereocenters. The Morgan fingerprint density at radius 1 is 1.44 bits per heavy atom. The number of rotatable bonds is 6. The van der Waals surface area contributed by atoms with Crippen LogP contribution >= 0.6 is 0 Å². The summed E-state index contributed by atoms with van der Waals surface area (Å²) >= 11 is 0. The molecule has 0 saturated carbocycles. The number of furan rings is 1. The molecule has 3 nitrogen and oxygen atoms in total. The van der Waals surface area contributed by atoms with Gasteiger partial charge in [0, 0.05) is 13.0 Å². The molecule has 0 N–H and O–H groups in total. The van der Waals surface area contributed by atoms with Crippen molar-refractivity contribution in [2.24, 2.45) is 0 Å². The molecule has 1 amide bonds. The van der Waals surface area contributed by atoms with Crippen molar-refractivity contribution in [2.45, 2.75) is 53.1 Å². The quantitative estimate of drug-likeness (QED) is 0.719. The highest BCUT2D eigenvalue weighted by atomic mass is 16.3. The Morgan fingerprint density at radius 2 is 2.17 bits per heavy atom. The number of hydrogen-bond acceptors (Lipinski definition) is 2. The molecule has 1 atom stereocenters. The minimum atomic E-state index is 0.0936. The molecule has 1 heterocycles. The minimum absolute atomic E-state index is 0.0936. The highest BCUT2D eigenvalue weighted by Crippen LogP contribution is 2.13. The second kappa shape index (κ2) is 7.04. The molecular weight excluding hydrogens is 226 g/mol. The molecule has 3 heteroatoms. The molecule has 0 aromatic carbocycles. The third-order valence-corrected chi connectivity index (χ3v) is 2.98. The molecular formula is C15H23NO2. The lowest BCUT2D eigenvalue weighted by atomic mass is 10.1. The van der Waals surface area contributed by atoms with E-state index in [1.165, 1.54) is 5.57 Å². The van der Waals surface area contributed by atoms with Crippen LogP contribution in [0.2, 0.25) is 0 Å². The van der Waals surface area contributed by atoms with Crippen LogP contribution in [-0.2, 0) is 11.3 Å². The first kappa shape index (κ1) is 14.6. The number of hydrogen-bond donors (Lipinski definition) is 0. The molecule has 100 valence electrons. The lowest BCUT2D eigenvalue weighted by Gasteiger charge is -2.27. The van der Waals surface area contributed by atoms with Crippen molar-refractivity contribution < 1.29 is 9.21 Å². The number of carbonyl (C=O) groups is 1. The van der Waals surface area contributed by atoms with Crippen molar-refractivity contribution >= 4 is 5.91 Å². The highest BCUT2D eigenvalue weighted by molar-refractivity contribution is 5.73. The zero-order valence-electron chi connectivity index (χ0n) is 11.8. The van der Waals surface area contributed by atoms with E-state index in [-0.39, 0.29) is 11.9 Å². The number of carbonyl (C=O) groups excluding carboxylic acids is 1. The Morgan fingerprint density at radius 3 is 2.67 bits per heavy atom. The molecule has 0 bridgehead atoms. The summed E-state index contributed by atoms with van der Waals surface area (Å²) in [6, 6.07) is 3.98. The maximum absolute atomic E-state index is 11.7. The van der Waals surface area contributed by atoms with E-state index in [4.69, 9.17) is 4.42 Å². The average molecular weight is 249 g/mol. The van der Waals surface area contributed by atoms with Crippen LogP contribution in [-0.4, -0.2) is 16.8 Å². The molecule has 0 radical (unpaired) electrons. The molecule has 0 aliphatic carbocycles. The van der Waals surface area contributed by atoms with Crippen LogP contribution in [0.15, 0.2) is 34.5 Å². The Hall–Kier alpha value is -1.51. The summed E-state index contributed by atoms with van der Waals surface area (Å²) in [6.07, 6.45) is 5.83. The van der Waals surface area contributed by atoms with Crippen LogP contribution in [0.5, 0.6) is 0 Å². The Bertz CT molecular complexity index is 389. The SMILES string of the molecule is CC(=O)N(Cc1ccco1)[C@H](C)CCC=C(C)C. The predicted octanol–water partition coefficient (Wildman–Crippen LogP) is 3.76. The van der Waals surface area contributed by atoms with Gasteiger partial charge in [-0.15, -0.1) is 0 Å². The molecule has 0 aliphatic heterocycles. The second-order valence-electron chi connectivity index (χ2n) is 4.93. The van der Waals surface area contributed by atoms with Crippen molar-refractivity contribution in [2.75, 3.05) is 0 Å². The van der Waals surface area contributed by atoms with Gasteiger partial charge in [0.15, 0.2) is 0 Å². The largest absolute Gasteiger partial charge is 0.467 e. The van der Waals surface area contributed by atoms with Crippen molar-refractivity contribution in [3.05, 3.63) is 35.8 Å². The van der Waals surface area contributed by atoms with Crippen LogP contribution in [0, 0.1) is 0 Å². The summed E-state index contributed by atoms with van der Waals surface area (Å²) in [5.74, 6) is 0.926. The van der Waals surface area contributed by atoms with Gasteiger partial charge in [-0.3, -0.25) is 4.79 Å². The summed E-state index contributed by atoms with van der Waals surface area (Å²) in [5.41, 5.74) is 1.32. The van der Waals surface area contributed by atoms with Gasteiger partial charge in [0.05, 0.1) is 12.8 Å². The molecule has 18 heavy (non-hydrogen) atoms. The van der Waals surface area contributed by atoms with E-state index < -0.39 is 0 Å². The van der Waals surface area contributed by atoms with Gasteiger partial charge in [-0.25, -0.2) is 0 Å². The topological polar surface area (TPSA) is 33.5 Å².